The molecule has 0 radical (unpaired) electrons. The van der Waals surface area contributed by atoms with Crippen molar-refractivity contribution in [1.29, 1.82) is 0 Å². The maximum atomic E-state index is 12.2. The van der Waals surface area contributed by atoms with Crippen LogP contribution in [0.25, 0.3) is 21.8 Å². The number of fused-ring (bicyclic) bond motifs is 1. The van der Waals surface area contributed by atoms with Crippen LogP contribution >= 0.6 is 11.3 Å². The Labute approximate surface area is 151 Å². The van der Waals surface area contributed by atoms with Crippen LogP contribution in [0.1, 0.15) is 25.8 Å². The van der Waals surface area contributed by atoms with E-state index in [4.69, 9.17) is 4.98 Å². The highest BCUT2D eigenvalue weighted by Crippen LogP contribution is 2.34. The molecule has 0 atom stereocenters. The molecular weight excluding hydrogens is 330 g/mol. The minimum Gasteiger partial charge on any atom is -0.310 e. The van der Waals surface area contributed by atoms with Gasteiger partial charge in [0.1, 0.15) is 5.01 Å². The minimum atomic E-state index is 0.176. The van der Waals surface area contributed by atoms with Gasteiger partial charge in [-0.25, -0.2) is 4.98 Å². The van der Waals surface area contributed by atoms with Crippen molar-refractivity contribution in [3.63, 3.8) is 0 Å². The molecule has 0 fully saturated rings. The van der Waals surface area contributed by atoms with Gasteiger partial charge >= 0.3 is 0 Å². The smallest absolute Gasteiger partial charge is 0.227 e. The predicted molar refractivity (Wildman–Crippen MR) is 102 cm³/mol. The summed E-state index contributed by atoms with van der Waals surface area (Å²) in [4.78, 5) is 23.0. The van der Waals surface area contributed by atoms with Gasteiger partial charge in [0.05, 0.1) is 5.69 Å². The predicted octanol–water partition coefficient (Wildman–Crippen LogP) is 4.56. The number of hydrogen-bond acceptors (Lipinski definition) is 4. The molecule has 0 N–H and O–H groups in total. The molecule has 5 heteroatoms. The standard InChI is InChI=1S/C20H19N3OS/c1-13(2)23-18-5-3-15(11-16(18)4-6-19(23)24)17-12-25-20(22-17)14-7-9-21-10-8-14/h3,5,7-13H,4,6H2,1-2H3. The number of hydrogen-bond donors (Lipinski definition) is 0. The lowest BCUT2D eigenvalue weighted by Gasteiger charge is -2.33. The average Bonchev–Trinajstić information content (AvgIpc) is 3.12. The summed E-state index contributed by atoms with van der Waals surface area (Å²) in [5.41, 5.74) is 5.44. The molecule has 0 aliphatic carbocycles. The first-order valence-corrected chi connectivity index (χ1v) is 9.33. The lowest BCUT2D eigenvalue weighted by Crippen LogP contribution is -2.40. The van der Waals surface area contributed by atoms with E-state index in [-0.39, 0.29) is 11.9 Å². The van der Waals surface area contributed by atoms with E-state index >= 15 is 0 Å². The van der Waals surface area contributed by atoms with E-state index in [9.17, 15) is 4.79 Å². The Hall–Kier alpha value is -2.53. The summed E-state index contributed by atoms with van der Waals surface area (Å²) in [6.07, 6.45) is 4.94. The van der Waals surface area contributed by atoms with Crippen LogP contribution in [0, 0.1) is 0 Å². The van der Waals surface area contributed by atoms with Crippen molar-refractivity contribution < 1.29 is 4.79 Å². The molecule has 3 aromatic rings. The Bertz CT molecular complexity index is 918. The topological polar surface area (TPSA) is 46.1 Å². The number of aryl methyl sites for hydroxylation is 1. The van der Waals surface area contributed by atoms with E-state index in [1.165, 1.54) is 5.56 Å². The first-order valence-electron chi connectivity index (χ1n) is 8.45. The van der Waals surface area contributed by atoms with Crippen LogP contribution in [0.5, 0.6) is 0 Å². The molecule has 3 heterocycles. The molecule has 4 rings (SSSR count). The highest BCUT2D eigenvalue weighted by atomic mass is 32.1. The fourth-order valence-electron chi connectivity index (χ4n) is 3.28. The molecule has 1 aliphatic rings. The average molecular weight is 349 g/mol. The summed E-state index contributed by atoms with van der Waals surface area (Å²) in [5, 5.41) is 3.08. The van der Waals surface area contributed by atoms with Crippen molar-refractivity contribution >= 4 is 22.9 Å². The molecule has 0 saturated carbocycles. The van der Waals surface area contributed by atoms with E-state index in [0.717, 1.165) is 33.9 Å². The number of amides is 1. The third-order valence-corrected chi connectivity index (χ3v) is 5.35. The second-order valence-corrected chi connectivity index (χ2v) is 7.33. The highest BCUT2D eigenvalue weighted by molar-refractivity contribution is 7.13. The fraction of sp³-hybridized carbons (Fsp3) is 0.250. The second kappa shape index (κ2) is 6.41. The summed E-state index contributed by atoms with van der Waals surface area (Å²) >= 11 is 1.64. The van der Waals surface area contributed by atoms with Crippen LogP contribution < -0.4 is 4.90 Å². The normalized spacial score (nSPS) is 14.0. The van der Waals surface area contributed by atoms with Gasteiger partial charge in [-0.1, -0.05) is 6.07 Å². The Morgan fingerprint density at radius 1 is 1.08 bits per heavy atom. The maximum absolute atomic E-state index is 12.2. The van der Waals surface area contributed by atoms with Crippen LogP contribution in [-0.4, -0.2) is 21.9 Å². The monoisotopic (exact) mass is 349 g/mol. The van der Waals surface area contributed by atoms with E-state index in [1.807, 2.05) is 17.0 Å². The molecule has 1 amide bonds. The summed E-state index contributed by atoms with van der Waals surface area (Å²) in [5.74, 6) is 0.212. The molecule has 0 unspecified atom stereocenters. The number of pyridine rings is 1. The quantitative estimate of drug-likeness (QED) is 0.696. The number of aromatic nitrogens is 2. The Kier molecular flexibility index (Phi) is 4.09. The zero-order valence-electron chi connectivity index (χ0n) is 14.3. The molecule has 4 nitrogen and oxygen atoms in total. The van der Waals surface area contributed by atoms with Gasteiger partial charge in [-0.15, -0.1) is 11.3 Å². The van der Waals surface area contributed by atoms with Crippen molar-refractivity contribution in [2.45, 2.75) is 32.7 Å². The molecule has 126 valence electrons. The van der Waals surface area contributed by atoms with Gasteiger partial charge in [0.25, 0.3) is 0 Å². The van der Waals surface area contributed by atoms with E-state index in [2.05, 4.69) is 42.4 Å². The Balaban J connectivity index is 1.69. The summed E-state index contributed by atoms with van der Waals surface area (Å²) in [6, 6.07) is 10.4. The number of anilines is 1. The first-order chi connectivity index (χ1) is 12.1. The Morgan fingerprint density at radius 2 is 1.88 bits per heavy atom. The van der Waals surface area contributed by atoms with Gasteiger partial charge in [0.2, 0.25) is 5.91 Å². The van der Waals surface area contributed by atoms with Gasteiger partial charge in [-0.2, -0.15) is 0 Å². The number of nitrogens with zero attached hydrogens (tertiary/aromatic N) is 3. The summed E-state index contributed by atoms with van der Waals surface area (Å²) in [6.45, 7) is 4.12. The van der Waals surface area contributed by atoms with Gasteiger partial charge < -0.3 is 4.90 Å². The number of carbonyl (C=O) groups excluding carboxylic acids is 1. The van der Waals surface area contributed by atoms with E-state index in [0.29, 0.717) is 6.42 Å². The molecule has 0 saturated heterocycles. The number of rotatable bonds is 3. The van der Waals surface area contributed by atoms with Gasteiger partial charge in [0, 0.05) is 47.1 Å². The maximum Gasteiger partial charge on any atom is 0.227 e. The molecular formula is C20H19N3OS. The third-order valence-electron chi connectivity index (χ3n) is 4.46. The zero-order chi connectivity index (χ0) is 17.4. The second-order valence-electron chi connectivity index (χ2n) is 6.47. The largest absolute Gasteiger partial charge is 0.310 e. The number of carbonyl (C=O) groups is 1. The minimum absolute atomic E-state index is 0.176. The number of thiazole rings is 1. The van der Waals surface area contributed by atoms with Gasteiger partial charge in [-0.3, -0.25) is 9.78 Å². The molecule has 2 aromatic heterocycles. The van der Waals surface area contributed by atoms with E-state index < -0.39 is 0 Å². The van der Waals surface area contributed by atoms with Crippen molar-refractivity contribution in [2.24, 2.45) is 0 Å². The van der Waals surface area contributed by atoms with Crippen LogP contribution in [0.3, 0.4) is 0 Å². The highest BCUT2D eigenvalue weighted by Gasteiger charge is 2.26. The summed E-state index contributed by atoms with van der Waals surface area (Å²) in [7, 11) is 0. The van der Waals surface area contributed by atoms with Gasteiger partial charge in [-0.05, 0) is 50.1 Å². The molecule has 0 bridgehead atoms. The van der Waals surface area contributed by atoms with Crippen molar-refractivity contribution in [1.82, 2.24) is 9.97 Å². The van der Waals surface area contributed by atoms with Crippen molar-refractivity contribution in [2.75, 3.05) is 4.90 Å². The first kappa shape index (κ1) is 16.0. The van der Waals surface area contributed by atoms with Crippen LogP contribution in [0.2, 0.25) is 0 Å². The number of benzene rings is 1. The Morgan fingerprint density at radius 3 is 2.64 bits per heavy atom. The molecule has 25 heavy (non-hydrogen) atoms. The van der Waals surface area contributed by atoms with Crippen molar-refractivity contribution in [3.05, 3.63) is 53.7 Å². The lowest BCUT2D eigenvalue weighted by atomic mass is 9.97. The van der Waals surface area contributed by atoms with Crippen LogP contribution in [0.15, 0.2) is 48.1 Å². The van der Waals surface area contributed by atoms with Crippen LogP contribution in [0.4, 0.5) is 5.69 Å². The summed E-state index contributed by atoms with van der Waals surface area (Å²) < 4.78 is 0. The van der Waals surface area contributed by atoms with Gasteiger partial charge in [0.15, 0.2) is 0 Å². The molecule has 0 spiro atoms. The lowest BCUT2D eigenvalue weighted by molar-refractivity contribution is -0.119. The zero-order valence-corrected chi connectivity index (χ0v) is 15.1. The molecule has 1 aliphatic heterocycles. The third kappa shape index (κ3) is 2.96. The van der Waals surface area contributed by atoms with Crippen LogP contribution in [-0.2, 0) is 11.2 Å². The van der Waals surface area contributed by atoms with E-state index in [1.54, 1.807) is 23.7 Å². The molecule has 1 aromatic carbocycles. The van der Waals surface area contributed by atoms with Crippen molar-refractivity contribution in [3.8, 4) is 21.8 Å². The SMILES string of the molecule is CC(C)N1C(=O)CCc2cc(-c3csc(-c4ccncc4)n3)ccc21. The fourth-order valence-corrected chi connectivity index (χ4v) is 4.11.